The van der Waals surface area contributed by atoms with Crippen LogP contribution in [0.5, 0.6) is 0 Å². The van der Waals surface area contributed by atoms with Crippen LogP contribution in [0.2, 0.25) is 0 Å². The maximum absolute atomic E-state index is 17.3. The molecule has 0 radical (unpaired) electrons. The van der Waals surface area contributed by atoms with Crippen molar-refractivity contribution < 1.29 is 33.8 Å². The summed E-state index contributed by atoms with van der Waals surface area (Å²) in [5.74, 6) is -1.62. The largest absolute Gasteiger partial charge is 0.390 e. The Balaban J connectivity index is 1.58. The van der Waals surface area contributed by atoms with E-state index in [0.29, 0.717) is 30.6 Å². The molecular weight excluding hydrogens is 541 g/mol. The molecule has 4 aliphatic rings. The van der Waals surface area contributed by atoms with E-state index >= 15 is 4.39 Å². The number of hydrogen-bond acceptors (Lipinski definition) is 8. The van der Waals surface area contributed by atoms with Crippen molar-refractivity contribution in [3.63, 3.8) is 0 Å². The Hall–Kier alpha value is -1.49. The summed E-state index contributed by atoms with van der Waals surface area (Å²) in [4.78, 5) is 50.3. The molecule has 10 heteroatoms. The zero-order valence-corrected chi connectivity index (χ0v) is 24.9. The van der Waals surface area contributed by atoms with Crippen LogP contribution in [0.15, 0.2) is 23.8 Å². The minimum absolute atomic E-state index is 0.109. The standard InChI is InChI=1S/C29H40FNO6S2/c1-6-38-14-22(31-17(3)32)25(36)39-15-24(35)29(37)16(2)11-21-20-8-7-18-12-19(33)9-10-26(18,4)28(20,30)23(34)13-27(21,29)5/h9-10,12,16,20-23,34,37H,6-8,11,13-15H2,1-5H3,(H,31,32)/t16-,20-,21-,22?,23-,26-,27-,28?,29-/m0/s1. The zero-order valence-electron chi connectivity index (χ0n) is 23.3. The molecule has 0 aromatic rings. The first kappa shape index (κ1) is 30.5. The van der Waals surface area contributed by atoms with Gasteiger partial charge in [0.1, 0.15) is 11.6 Å². The van der Waals surface area contributed by atoms with Crippen LogP contribution >= 0.6 is 23.5 Å². The van der Waals surface area contributed by atoms with E-state index < -0.39 is 51.9 Å². The lowest BCUT2D eigenvalue weighted by atomic mass is 9.44. The van der Waals surface area contributed by atoms with Crippen LogP contribution < -0.4 is 5.32 Å². The first-order valence-corrected chi connectivity index (χ1v) is 15.9. The Labute approximate surface area is 238 Å². The molecule has 0 bridgehead atoms. The summed E-state index contributed by atoms with van der Waals surface area (Å²) < 4.78 is 17.3. The molecule has 0 aromatic heterocycles. The molecule has 3 saturated carbocycles. The summed E-state index contributed by atoms with van der Waals surface area (Å²) in [6.07, 6.45) is 4.21. The molecule has 3 fully saturated rings. The number of allylic oxidation sites excluding steroid dienone is 4. The number of carbonyl (C=O) groups is 4. The minimum Gasteiger partial charge on any atom is -0.390 e. The van der Waals surface area contributed by atoms with E-state index in [2.05, 4.69) is 5.32 Å². The van der Waals surface area contributed by atoms with E-state index in [1.54, 1.807) is 26.8 Å². The van der Waals surface area contributed by atoms with Gasteiger partial charge in [-0.15, -0.1) is 0 Å². The van der Waals surface area contributed by atoms with Crippen LogP contribution in [-0.2, 0) is 19.2 Å². The topological polar surface area (TPSA) is 121 Å². The average molecular weight is 582 g/mol. The van der Waals surface area contributed by atoms with Gasteiger partial charge in [-0.25, -0.2) is 4.39 Å². The van der Waals surface area contributed by atoms with Crippen LogP contribution in [0, 0.1) is 28.6 Å². The predicted octanol–water partition coefficient (Wildman–Crippen LogP) is 3.42. The van der Waals surface area contributed by atoms with E-state index in [4.69, 9.17) is 0 Å². The van der Waals surface area contributed by atoms with Gasteiger partial charge in [-0.2, -0.15) is 11.8 Å². The van der Waals surface area contributed by atoms with Crippen LogP contribution in [-0.4, -0.2) is 73.5 Å². The molecular formula is C29H40FNO6S2. The van der Waals surface area contributed by atoms with Gasteiger partial charge in [-0.3, -0.25) is 19.2 Å². The van der Waals surface area contributed by atoms with Crippen molar-refractivity contribution in [2.24, 2.45) is 28.6 Å². The number of rotatable bonds is 8. The number of ketones is 2. The number of Topliss-reactive ketones (excluding diaryl/α,β-unsaturated/α-hetero) is 1. The first-order chi connectivity index (χ1) is 18.2. The van der Waals surface area contributed by atoms with Gasteiger partial charge in [0, 0.05) is 29.4 Å². The Kier molecular flexibility index (Phi) is 8.38. The molecule has 0 aliphatic heterocycles. The Morgan fingerprint density at radius 1 is 1.26 bits per heavy atom. The van der Waals surface area contributed by atoms with E-state index in [1.165, 1.54) is 30.8 Å². The van der Waals surface area contributed by atoms with Crippen LogP contribution in [0.4, 0.5) is 4.39 Å². The van der Waals surface area contributed by atoms with Crippen molar-refractivity contribution in [1.82, 2.24) is 5.32 Å². The highest BCUT2D eigenvalue weighted by Gasteiger charge is 2.75. The van der Waals surface area contributed by atoms with E-state index in [-0.39, 0.29) is 34.9 Å². The molecule has 2 unspecified atom stereocenters. The van der Waals surface area contributed by atoms with Crippen molar-refractivity contribution in [2.45, 2.75) is 83.7 Å². The van der Waals surface area contributed by atoms with Crippen molar-refractivity contribution in [2.75, 3.05) is 17.3 Å². The minimum atomic E-state index is -2.04. The third kappa shape index (κ3) is 4.57. The van der Waals surface area contributed by atoms with Gasteiger partial charge in [0.05, 0.1) is 11.9 Å². The van der Waals surface area contributed by atoms with Crippen LogP contribution in [0.3, 0.4) is 0 Å². The predicted molar refractivity (Wildman–Crippen MR) is 151 cm³/mol. The molecule has 0 heterocycles. The van der Waals surface area contributed by atoms with Crippen LogP contribution in [0.1, 0.15) is 60.3 Å². The summed E-state index contributed by atoms with van der Waals surface area (Å²) in [7, 11) is 0. The lowest BCUT2D eigenvalue weighted by Gasteiger charge is -2.62. The summed E-state index contributed by atoms with van der Waals surface area (Å²) in [5.41, 5.74) is -5.44. The summed E-state index contributed by atoms with van der Waals surface area (Å²) >= 11 is 2.29. The van der Waals surface area contributed by atoms with Gasteiger partial charge in [0.2, 0.25) is 11.0 Å². The fraction of sp³-hybridized carbons (Fsp3) is 0.724. The number of halogens is 1. The van der Waals surface area contributed by atoms with E-state index in [1.807, 2.05) is 6.92 Å². The number of alkyl halides is 1. The number of nitrogens with one attached hydrogen (secondary N) is 1. The van der Waals surface area contributed by atoms with Crippen molar-refractivity contribution in [3.05, 3.63) is 23.8 Å². The van der Waals surface area contributed by atoms with Gasteiger partial charge in [-0.1, -0.05) is 44.2 Å². The lowest BCUT2D eigenvalue weighted by molar-refractivity contribution is -0.218. The number of hydrogen-bond donors (Lipinski definition) is 3. The fourth-order valence-corrected chi connectivity index (χ4v) is 9.79. The van der Waals surface area contributed by atoms with Gasteiger partial charge < -0.3 is 15.5 Å². The molecule has 3 N–H and O–H groups in total. The lowest BCUT2D eigenvalue weighted by Crippen LogP contribution is -2.69. The highest BCUT2D eigenvalue weighted by molar-refractivity contribution is 8.14. The maximum atomic E-state index is 17.3. The molecule has 9 atom stereocenters. The van der Waals surface area contributed by atoms with Gasteiger partial charge in [0.15, 0.2) is 17.2 Å². The van der Waals surface area contributed by atoms with Crippen LogP contribution in [0.25, 0.3) is 0 Å². The Bertz CT molecular complexity index is 1130. The monoisotopic (exact) mass is 581 g/mol. The first-order valence-electron chi connectivity index (χ1n) is 13.7. The molecule has 0 spiro atoms. The number of aliphatic hydroxyl groups excluding tert-OH is 1. The summed E-state index contributed by atoms with van der Waals surface area (Å²) in [6, 6.07) is -0.742. The van der Waals surface area contributed by atoms with E-state index in [9.17, 15) is 29.4 Å². The summed E-state index contributed by atoms with van der Waals surface area (Å²) in [6.45, 7) is 8.58. The smallest absolute Gasteiger partial charge is 0.217 e. The third-order valence-electron chi connectivity index (χ3n) is 10.1. The van der Waals surface area contributed by atoms with E-state index in [0.717, 1.165) is 17.5 Å². The van der Waals surface area contributed by atoms with Crippen molar-refractivity contribution >= 4 is 46.1 Å². The number of fused-ring (bicyclic) bond motifs is 5. The second-order valence-electron chi connectivity index (χ2n) is 12.1. The van der Waals surface area contributed by atoms with Gasteiger partial charge >= 0.3 is 0 Å². The zero-order chi connectivity index (χ0) is 29.0. The van der Waals surface area contributed by atoms with Crippen molar-refractivity contribution in [3.8, 4) is 0 Å². The Morgan fingerprint density at radius 3 is 2.59 bits per heavy atom. The molecule has 1 amide bonds. The molecule has 39 heavy (non-hydrogen) atoms. The Morgan fingerprint density at radius 2 is 1.95 bits per heavy atom. The number of aliphatic hydroxyl groups is 2. The average Bonchev–Trinajstić information content (AvgIpc) is 3.07. The molecule has 0 saturated heterocycles. The second kappa shape index (κ2) is 10.7. The molecule has 0 aromatic carbocycles. The second-order valence-corrected chi connectivity index (χ2v) is 14.4. The fourth-order valence-electron chi connectivity index (χ4n) is 8.14. The highest BCUT2D eigenvalue weighted by Crippen LogP contribution is 2.70. The molecule has 216 valence electrons. The molecule has 4 rings (SSSR count). The number of thioether (sulfide) groups is 2. The SMILES string of the molecule is CCSCC(NC(C)=O)C(=O)SCC(=O)[C@@]1(O)[C@@H](C)C[C@H]2[C@@H]3CCC4=CC(=O)C=C[C@]4(C)C3(F)[C@@H](O)C[C@@]21C. The normalized spacial score (nSPS) is 41.6. The third-order valence-corrected chi connectivity index (χ3v) is 12.1. The maximum Gasteiger partial charge on any atom is 0.217 e. The van der Waals surface area contributed by atoms with Gasteiger partial charge in [-0.05, 0) is 62.3 Å². The van der Waals surface area contributed by atoms with Crippen molar-refractivity contribution in [1.29, 1.82) is 0 Å². The summed E-state index contributed by atoms with van der Waals surface area (Å²) in [5, 5.41) is 25.8. The molecule has 7 nitrogen and oxygen atoms in total. The quantitative estimate of drug-likeness (QED) is 0.399. The number of carbonyl (C=O) groups excluding carboxylic acids is 4. The number of amides is 1. The highest BCUT2D eigenvalue weighted by atomic mass is 32.2. The molecule has 4 aliphatic carbocycles. The van der Waals surface area contributed by atoms with Gasteiger partial charge in [0.25, 0.3) is 0 Å².